The highest BCUT2D eigenvalue weighted by atomic mass is 16.2. The molecule has 0 aliphatic carbocycles. The van der Waals surface area contributed by atoms with Gasteiger partial charge >= 0.3 is 0 Å². The molecule has 4 nitrogen and oxygen atoms in total. The van der Waals surface area contributed by atoms with Gasteiger partial charge in [-0.05, 0) is 57.7 Å². The largest absolute Gasteiger partial charge is 0.342 e. The van der Waals surface area contributed by atoms with Crippen molar-refractivity contribution in [1.82, 2.24) is 14.7 Å². The molecule has 0 aromatic rings. The fourth-order valence-electron chi connectivity index (χ4n) is 4.40. The topological polar surface area (TPSA) is 26.8 Å². The summed E-state index contributed by atoms with van der Waals surface area (Å²) in [5.74, 6) is 1.10. The van der Waals surface area contributed by atoms with Crippen LogP contribution in [0, 0.1) is 5.92 Å². The molecule has 3 saturated heterocycles. The molecule has 3 aliphatic heterocycles. The molecule has 3 fully saturated rings. The monoisotopic (exact) mass is 293 g/mol. The number of piperidine rings is 2. The smallest absolute Gasteiger partial charge is 0.222 e. The minimum Gasteiger partial charge on any atom is -0.342 e. The standard InChI is InChI=1S/C17H31N3O/c1-2-18-9-4-7-16(14-18)19-10-3-6-15(12-19)13-20-11-5-8-17(20)21/h15-16H,2-14H2,1H3. The quantitative estimate of drug-likeness (QED) is 0.791. The van der Waals surface area contributed by atoms with Crippen LogP contribution >= 0.6 is 0 Å². The van der Waals surface area contributed by atoms with E-state index < -0.39 is 0 Å². The van der Waals surface area contributed by atoms with Crippen LogP contribution in [-0.4, -0.2) is 72.5 Å². The average molecular weight is 293 g/mol. The van der Waals surface area contributed by atoms with Crippen LogP contribution in [0.3, 0.4) is 0 Å². The summed E-state index contributed by atoms with van der Waals surface area (Å²) in [6, 6.07) is 0.760. The van der Waals surface area contributed by atoms with Crippen molar-refractivity contribution in [2.45, 2.75) is 51.5 Å². The predicted octanol–water partition coefficient (Wildman–Crippen LogP) is 1.81. The molecule has 0 saturated carbocycles. The summed E-state index contributed by atoms with van der Waals surface area (Å²) in [4.78, 5) is 19.3. The van der Waals surface area contributed by atoms with Crippen LogP contribution in [0.25, 0.3) is 0 Å². The van der Waals surface area contributed by atoms with Gasteiger partial charge in [0.2, 0.25) is 5.91 Å². The Morgan fingerprint density at radius 2 is 1.90 bits per heavy atom. The molecule has 120 valence electrons. The zero-order valence-corrected chi connectivity index (χ0v) is 13.6. The van der Waals surface area contributed by atoms with E-state index in [1.165, 1.54) is 58.4 Å². The SMILES string of the molecule is CCN1CCCC(N2CCCC(CN3CCCC3=O)C2)C1. The van der Waals surface area contributed by atoms with Crippen molar-refractivity contribution in [3.8, 4) is 0 Å². The number of hydrogen-bond acceptors (Lipinski definition) is 3. The van der Waals surface area contributed by atoms with Crippen LogP contribution in [0.15, 0.2) is 0 Å². The Morgan fingerprint density at radius 1 is 1.05 bits per heavy atom. The van der Waals surface area contributed by atoms with Crippen molar-refractivity contribution >= 4 is 5.91 Å². The lowest BCUT2D eigenvalue weighted by molar-refractivity contribution is -0.128. The fraction of sp³-hybridized carbons (Fsp3) is 0.941. The van der Waals surface area contributed by atoms with E-state index in [-0.39, 0.29) is 0 Å². The van der Waals surface area contributed by atoms with Crippen molar-refractivity contribution in [3.05, 3.63) is 0 Å². The Balaban J connectivity index is 1.51. The van der Waals surface area contributed by atoms with Gasteiger partial charge in [-0.1, -0.05) is 6.92 Å². The molecule has 4 heteroatoms. The Kier molecular flexibility index (Phi) is 5.17. The molecule has 3 aliphatic rings. The third kappa shape index (κ3) is 3.78. The summed E-state index contributed by atoms with van der Waals surface area (Å²) >= 11 is 0. The lowest BCUT2D eigenvalue weighted by Gasteiger charge is -2.43. The van der Waals surface area contributed by atoms with Crippen molar-refractivity contribution < 1.29 is 4.79 Å². The molecule has 3 rings (SSSR count). The summed E-state index contributed by atoms with van der Waals surface area (Å²) in [6.45, 7) is 10.5. The minimum atomic E-state index is 0.391. The number of carbonyl (C=O) groups is 1. The van der Waals surface area contributed by atoms with Gasteiger partial charge in [-0.3, -0.25) is 9.69 Å². The van der Waals surface area contributed by atoms with E-state index in [1.807, 2.05) is 0 Å². The molecular weight excluding hydrogens is 262 g/mol. The molecule has 0 radical (unpaired) electrons. The predicted molar refractivity (Wildman–Crippen MR) is 85.2 cm³/mol. The van der Waals surface area contributed by atoms with Crippen LogP contribution in [0.2, 0.25) is 0 Å². The molecule has 0 spiro atoms. The molecule has 3 heterocycles. The Morgan fingerprint density at radius 3 is 2.67 bits per heavy atom. The van der Waals surface area contributed by atoms with E-state index in [0.29, 0.717) is 11.8 Å². The molecule has 2 unspecified atom stereocenters. The Bertz CT molecular complexity index is 360. The Hall–Kier alpha value is -0.610. The van der Waals surface area contributed by atoms with Gasteiger partial charge in [-0.2, -0.15) is 0 Å². The summed E-state index contributed by atoms with van der Waals surface area (Å²) in [6.07, 6.45) is 7.20. The summed E-state index contributed by atoms with van der Waals surface area (Å²) in [5, 5.41) is 0. The first-order chi connectivity index (χ1) is 10.3. The number of hydrogen-bond donors (Lipinski definition) is 0. The lowest BCUT2D eigenvalue weighted by Crippen LogP contribution is -2.52. The van der Waals surface area contributed by atoms with E-state index >= 15 is 0 Å². The van der Waals surface area contributed by atoms with Gasteiger partial charge in [0.05, 0.1) is 0 Å². The molecule has 21 heavy (non-hydrogen) atoms. The van der Waals surface area contributed by atoms with Crippen LogP contribution in [0.1, 0.15) is 45.4 Å². The van der Waals surface area contributed by atoms with Gasteiger partial charge in [0, 0.05) is 38.6 Å². The second kappa shape index (κ2) is 7.10. The van der Waals surface area contributed by atoms with Gasteiger partial charge in [-0.25, -0.2) is 0 Å². The third-order valence-corrected chi connectivity index (χ3v) is 5.64. The molecule has 0 N–H and O–H groups in total. The van der Waals surface area contributed by atoms with Gasteiger partial charge < -0.3 is 9.80 Å². The minimum absolute atomic E-state index is 0.391. The van der Waals surface area contributed by atoms with E-state index in [2.05, 4.69) is 21.6 Å². The van der Waals surface area contributed by atoms with Crippen LogP contribution in [0.5, 0.6) is 0 Å². The lowest BCUT2D eigenvalue weighted by atomic mass is 9.94. The van der Waals surface area contributed by atoms with E-state index in [1.54, 1.807) is 0 Å². The number of nitrogens with zero attached hydrogens (tertiary/aromatic N) is 3. The number of rotatable bonds is 4. The molecule has 0 aromatic carbocycles. The average Bonchev–Trinajstić information content (AvgIpc) is 2.93. The zero-order chi connectivity index (χ0) is 14.7. The van der Waals surface area contributed by atoms with Gasteiger partial charge in [-0.15, -0.1) is 0 Å². The van der Waals surface area contributed by atoms with Crippen LogP contribution < -0.4 is 0 Å². The first-order valence-corrected chi connectivity index (χ1v) is 9.00. The molecule has 1 amide bonds. The zero-order valence-electron chi connectivity index (χ0n) is 13.6. The molecule has 0 aromatic heterocycles. The highest BCUT2D eigenvalue weighted by Gasteiger charge is 2.31. The molecule has 2 atom stereocenters. The number of carbonyl (C=O) groups excluding carboxylic acids is 1. The van der Waals surface area contributed by atoms with E-state index in [0.717, 1.165) is 32.0 Å². The van der Waals surface area contributed by atoms with Crippen molar-refractivity contribution in [2.75, 3.05) is 45.8 Å². The van der Waals surface area contributed by atoms with Crippen molar-refractivity contribution in [2.24, 2.45) is 5.92 Å². The number of amides is 1. The highest BCUT2D eigenvalue weighted by molar-refractivity contribution is 5.78. The first kappa shape index (κ1) is 15.3. The van der Waals surface area contributed by atoms with Crippen molar-refractivity contribution in [1.29, 1.82) is 0 Å². The Labute approximate surface area is 129 Å². The van der Waals surface area contributed by atoms with Crippen molar-refractivity contribution in [3.63, 3.8) is 0 Å². The maximum absolute atomic E-state index is 11.8. The number of likely N-dealkylation sites (N-methyl/N-ethyl adjacent to an activating group) is 1. The van der Waals surface area contributed by atoms with E-state index in [4.69, 9.17) is 0 Å². The van der Waals surface area contributed by atoms with E-state index in [9.17, 15) is 4.79 Å². The third-order valence-electron chi connectivity index (χ3n) is 5.64. The fourth-order valence-corrected chi connectivity index (χ4v) is 4.40. The van der Waals surface area contributed by atoms with Gasteiger partial charge in [0.15, 0.2) is 0 Å². The summed E-state index contributed by atoms with van der Waals surface area (Å²) in [5.41, 5.74) is 0. The molecule has 0 bridgehead atoms. The second-order valence-electron chi connectivity index (χ2n) is 7.14. The van der Waals surface area contributed by atoms with Crippen LogP contribution in [-0.2, 0) is 4.79 Å². The normalized spacial score (nSPS) is 32.8. The molecular formula is C17H31N3O. The first-order valence-electron chi connectivity index (χ1n) is 9.00. The van der Waals surface area contributed by atoms with Gasteiger partial charge in [0.25, 0.3) is 0 Å². The number of likely N-dealkylation sites (tertiary alicyclic amines) is 3. The summed E-state index contributed by atoms with van der Waals surface area (Å²) in [7, 11) is 0. The maximum atomic E-state index is 11.8. The summed E-state index contributed by atoms with van der Waals surface area (Å²) < 4.78 is 0. The van der Waals surface area contributed by atoms with Crippen LogP contribution in [0.4, 0.5) is 0 Å². The second-order valence-corrected chi connectivity index (χ2v) is 7.14. The maximum Gasteiger partial charge on any atom is 0.222 e. The van der Waals surface area contributed by atoms with Gasteiger partial charge in [0.1, 0.15) is 0 Å². The highest BCUT2D eigenvalue weighted by Crippen LogP contribution is 2.25.